The maximum absolute atomic E-state index is 11.9. The highest BCUT2D eigenvalue weighted by Crippen LogP contribution is 2.12. The number of amides is 1. The van der Waals surface area contributed by atoms with Gasteiger partial charge in [0.2, 0.25) is 5.88 Å². The van der Waals surface area contributed by atoms with E-state index in [9.17, 15) is 9.59 Å². The molecule has 0 fully saturated rings. The van der Waals surface area contributed by atoms with E-state index < -0.39 is 0 Å². The summed E-state index contributed by atoms with van der Waals surface area (Å²) in [6.45, 7) is 1.44. The largest absolute Gasteiger partial charge is 0.481 e. The summed E-state index contributed by atoms with van der Waals surface area (Å²) in [5.41, 5.74) is 1.34. The van der Waals surface area contributed by atoms with Crippen molar-refractivity contribution >= 4 is 17.4 Å². The molecule has 6 heteroatoms. The Labute approximate surface area is 109 Å². The number of nitrogens with zero attached hydrogens (tertiary/aromatic N) is 1. The summed E-state index contributed by atoms with van der Waals surface area (Å²) >= 11 is 0. The minimum absolute atomic E-state index is 0.0959. The fourth-order valence-electron chi connectivity index (χ4n) is 1.50. The number of hydrogen-bond acceptors (Lipinski definition) is 4. The van der Waals surface area contributed by atoms with Crippen molar-refractivity contribution in [3.8, 4) is 5.88 Å². The number of ketones is 1. The molecule has 2 rings (SSSR count). The SMILES string of the molecule is COc1ccc(NC(=O)c2cc(C(C)=O)c[nH]2)cn1. The van der Waals surface area contributed by atoms with Crippen LogP contribution in [0, 0.1) is 0 Å². The molecule has 0 spiro atoms. The Balaban J connectivity index is 2.08. The molecule has 0 radical (unpaired) electrons. The minimum atomic E-state index is -0.334. The van der Waals surface area contributed by atoms with Crippen LogP contribution < -0.4 is 10.1 Å². The molecule has 2 aromatic heterocycles. The molecule has 0 unspecified atom stereocenters. The van der Waals surface area contributed by atoms with Gasteiger partial charge in [-0.25, -0.2) is 4.98 Å². The predicted molar refractivity (Wildman–Crippen MR) is 69.5 cm³/mol. The maximum Gasteiger partial charge on any atom is 0.272 e. The number of ether oxygens (including phenoxy) is 1. The summed E-state index contributed by atoms with van der Waals surface area (Å²) in [6.07, 6.45) is 3.00. The fourth-order valence-corrected chi connectivity index (χ4v) is 1.50. The molecule has 0 aromatic carbocycles. The van der Waals surface area contributed by atoms with Crippen LogP contribution in [-0.4, -0.2) is 28.8 Å². The number of nitrogens with one attached hydrogen (secondary N) is 2. The molecule has 1 amide bonds. The zero-order chi connectivity index (χ0) is 13.8. The highest BCUT2D eigenvalue weighted by Gasteiger charge is 2.11. The quantitative estimate of drug-likeness (QED) is 0.821. The average Bonchev–Trinajstić information content (AvgIpc) is 2.89. The first-order valence-electron chi connectivity index (χ1n) is 5.61. The standard InChI is InChI=1S/C13H13N3O3/c1-8(17)9-5-11(14-6-9)13(18)16-10-3-4-12(19-2)15-7-10/h3-7,14H,1-2H3,(H,16,18). The van der Waals surface area contributed by atoms with Crippen molar-refractivity contribution in [3.05, 3.63) is 41.9 Å². The van der Waals surface area contributed by atoms with E-state index in [1.54, 1.807) is 12.1 Å². The summed E-state index contributed by atoms with van der Waals surface area (Å²) < 4.78 is 4.92. The van der Waals surface area contributed by atoms with Crippen molar-refractivity contribution in [1.82, 2.24) is 9.97 Å². The van der Waals surface area contributed by atoms with Gasteiger partial charge in [0, 0.05) is 17.8 Å². The van der Waals surface area contributed by atoms with Gasteiger partial charge in [0.15, 0.2) is 5.78 Å². The van der Waals surface area contributed by atoms with Gasteiger partial charge in [-0.05, 0) is 19.1 Å². The summed E-state index contributed by atoms with van der Waals surface area (Å²) in [7, 11) is 1.52. The minimum Gasteiger partial charge on any atom is -0.481 e. The first-order chi connectivity index (χ1) is 9.10. The number of aromatic amines is 1. The normalized spacial score (nSPS) is 10.0. The van der Waals surface area contributed by atoms with E-state index in [1.165, 1.54) is 32.5 Å². The summed E-state index contributed by atoms with van der Waals surface area (Å²) in [5.74, 6) is 0.0395. The first-order valence-corrected chi connectivity index (χ1v) is 5.61. The molecule has 0 aliphatic rings. The molecule has 2 heterocycles. The average molecular weight is 259 g/mol. The third-order valence-electron chi connectivity index (χ3n) is 2.54. The number of hydrogen-bond donors (Lipinski definition) is 2. The van der Waals surface area contributed by atoms with Crippen LogP contribution in [-0.2, 0) is 0 Å². The van der Waals surface area contributed by atoms with Gasteiger partial charge in [0.1, 0.15) is 5.69 Å². The van der Waals surface area contributed by atoms with Crippen LogP contribution in [0.2, 0.25) is 0 Å². The summed E-state index contributed by atoms with van der Waals surface area (Å²) in [4.78, 5) is 29.8. The number of methoxy groups -OCH3 is 1. The highest BCUT2D eigenvalue weighted by atomic mass is 16.5. The Morgan fingerprint density at radius 1 is 1.37 bits per heavy atom. The highest BCUT2D eigenvalue weighted by molar-refractivity contribution is 6.05. The number of rotatable bonds is 4. The van der Waals surface area contributed by atoms with Crippen molar-refractivity contribution in [3.63, 3.8) is 0 Å². The van der Waals surface area contributed by atoms with Crippen molar-refractivity contribution < 1.29 is 14.3 Å². The molecule has 19 heavy (non-hydrogen) atoms. The molecule has 0 aliphatic carbocycles. The summed E-state index contributed by atoms with van der Waals surface area (Å²) in [5, 5.41) is 2.66. The Bertz CT molecular complexity index is 602. The molecular weight excluding hydrogens is 246 g/mol. The molecule has 0 atom stereocenters. The van der Waals surface area contributed by atoms with E-state index in [4.69, 9.17) is 4.74 Å². The molecule has 2 N–H and O–H groups in total. The third-order valence-corrected chi connectivity index (χ3v) is 2.54. The molecular formula is C13H13N3O3. The van der Waals surface area contributed by atoms with Gasteiger partial charge >= 0.3 is 0 Å². The number of anilines is 1. The molecule has 98 valence electrons. The lowest BCUT2D eigenvalue weighted by molar-refractivity contribution is 0.101. The second-order valence-electron chi connectivity index (χ2n) is 3.90. The second-order valence-corrected chi connectivity index (χ2v) is 3.90. The Hall–Kier alpha value is -2.63. The lowest BCUT2D eigenvalue weighted by Crippen LogP contribution is -2.12. The van der Waals surface area contributed by atoms with Crippen molar-refractivity contribution in [1.29, 1.82) is 0 Å². The molecule has 0 saturated carbocycles. The van der Waals surface area contributed by atoms with Crippen molar-refractivity contribution in [2.24, 2.45) is 0 Å². The number of Topliss-reactive ketones (excluding diaryl/α,β-unsaturated/α-hetero) is 1. The van der Waals surface area contributed by atoms with Crippen LogP contribution in [0.3, 0.4) is 0 Å². The Morgan fingerprint density at radius 3 is 2.68 bits per heavy atom. The van der Waals surface area contributed by atoms with Crippen LogP contribution in [0.15, 0.2) is 30.6 Å². The Morgan fingerprint density at radius 2 is 2.16 bits per heavy atom. The zero-order valence-corrected chi connectivity index (χ0v) is 10.6. The van der Waals surface area contributed by atoms with Crippen LogP contribution in [0.5, 0.6) is 5.88 Å². The van der Waals surface area contributed by atoms with Gasteiger partial charge in [-0.1, -0.05) is 0 Å². The number of carbonyl (C=O) groups excluding carboxylic acids is 2. The van der Waals surface area contributed by atoms with E-state index in [0.717, 1.165) is 0 Å². The van der Waals surface area contributed by atoms with Gasteiger partial charge < -0.3 is 15.0 Å². The lowest BCUT2D eigenvalue weighted by Gasteiger charge is -2.04. The maximum atomic E-state index is 11.9. The molecule has 2 aromatic rings. The zero-order valence-electron chi connectivity index (χ0n) is 10.6. The molecule has 0 saturated heterocycles. The number of pyridine rings is 1. The summed E-state index contributed by atoms with van der Waals surface area (Å²) in [6, 6.07) is 4.83. The third kappa shape index (κ3) is 2.98. The smallest absolute Gasteiger partial charge is 0.272 e. The number of H-pyrrole nitrogens is 1. The lowest BCUT2D eigenvalue weighted by atomic mass is 10.2. The van der Waals surface area contributed by atoms with E-state index >= 15 is 0 Å². The van der Waals surface area contributed by atoms with E-state index in [0.29, 0.717) is 22.8 Å². The van der Waals surface area contributed by atoms with Gasteiger partial charge in [0.05, 0.1) is 19.0 Å². The Kier molecular flexibility index (Phi) is 3.61. The van der Waals surface area contributed by atoms with Crippen LogP contribution in [0.4, 0.5) is 5.69 Å². The van der Waals surface area contributed by atoms with Crippen LogP contribution >= 0.6 is 0 Å². The van der Waals surface area contributed by atoms with E-state index in [2.05, 4.69) is 15.3 Å². The molecule has 0 bridgehead atoms. The van der Waals surface area contributed by atoms with Crippen molar-refractivity contribution in [2.75, 3.05) is 12.4 Å². The molecule has 6 nitrogen and oxygen atoms in total. The van der Waals surface area contributed by atoms with Gasteiger partial charge in [-0.2, -0.15) is 0 Å². The number of carbonyl (C=O) groups is 2. The van der Waals surface area contributed by atoms with Gasteiger partial charge in [0.25, 0.3) is 5.91 Å². The van der Waals surface area contributed by atoms with Gasteiger partial charge in [-0.3, -0.25) is 9.59 Å². The van der Waals surface area contributed by atoms with Crippen LogP contribution in [0.25, 0.3) is 0 Å². The van der Waals surface area contributed by atoms with Gasteiger partial charge in [-0.15, -0.1) is 0 Å². The van der Waals surface area contributed by atoms with E-state index in [-0.39, 0.29) is 11.7 Å². The van der Waals surface area contributed by atoms with Crippen LogP contribution in [0.1, 0.15) is 27.8 Å². The molecule has 0 aliphatic heterocycles. The topological polar surface area (TPSA) is 84.1 Å². The second kappa shape index (κ2) is 5.34. The number of aromatic nitrogens is 2. The first kappa shape index (κ1) is 12.8. The van der Waals surface area contributed by atoms with E-state index in [1.807, 2.05) is 0 Å². The van der Waals surface area contributed by atoms with Crippen molar-refractivity contribution in [2.45, 2.75) is 6.92 Å². The fraction of sp³-hybridized carbons (Fsp3) is 0.154. The predicted octanol–water partition coefficient (Wildman–Crippen LogP) is 1.87. The monoisotopic (exact) mass is 259 g/mol.